The number of alkyl halides is 3. The van der Waals surface area contributed by atoms with E-state index in [-0.39, 0.29) is 5.91 Å². The zero-order valence-corrected chi connectivity index (χ0v) is 17.3. The Morgan fingerprint density at radius 3 is 2.40 bits per heavy atom. The van der Waals surface area contributed by atoms with Crippen molar-refractivity contribution in [3.8, 4) is 11.5 Å². The average Bonchev–Trinajstić information content (AvgIpc) is 2.75. The van der Waals surface area contributed by atoms with Crippen LogP contribution in [0.15, 0.2) is 48.0 Å². The molecule has 1 heterocycles. The van der Waals surface area contributed by atoms with Crippen LogP contribution in [0.25, 0.3) is 0 Å². The molecule has 2 aromatic carbocycles. The SMILES string of the molecule is C/C=C(\C)C(=O)N1CCc2cc(OC)c(OC)cc2[C@H]1c1cccc(C(F)(F)F)c1. The Kier molecular flexibility index (Phi) is 6.10. The van der Waals surface area contributed by atoms with Gasteiger partial charge in [0.2, 0.25) is 5.91 Å². The summed E-state index contributed by atoms with van der Waals surface area (Å²) in [5.74, 6) is 0.800. The summed E-state index contributed by atoms with van der Waals surface area (Å²) in [5.41, 5.74) is 1.83. The second-order valence-electron chi connectivity index (χ2n) is 7.15. The quantitative estimate of drug-likeness (QED) is 0.643. The van der Waals surface area contributed by atoms with Crippen molar-refractivity contribution in [1.82, 2.24) is 4.90 Å². The molecular weight excluding hydrogens is 395 g/mol. The third-order valence-corrected chi connectivity index (χ3v) is 5.43. The minimum atomic E-state index is -4.47. The molecule has 0 unspecified atom stereocenters. The van der Waals surface area contributed by atoms with Crippen molar-refractivity contribution in [1.29, 1.82) is 0 Å². The Morgan fingerprint density at radius 1 is 1.13 bits per heavy atom. The van der Waals surface area contributed by atoms with Gasteiger partial charge in [-0.25, -0.2) is 0 Å². The highest BCUT2D eigenvalue weighted by Crippen LogP contribution is 2.42. The molecule has 0 aromatic heterocycles. The van der Waals surface area contributed by atoms with Gasteiger partial charge in [-0.15, -0.1) is 0 Å². The van der Waals surface area contributed by atoms with Crippen LogP contribution >= 0.6 is 0 Å². The minimum Gasteiger partial charge on any atom is -0.493 e. The first kappa shape index (κ1) is 21.7. The first-order chi connectivity index (χ1) is 14.2. The maximum atomic E-state index is 13.4. The van der Waals surface area contributed by atoms with E-state index in [2.05, 4.69) is 0 Å². The van der Waals surface area contributed by atoms with E-state index < -0.39 is 17.8 Å². The highest BCUT2D eigenvalue weighted by molar-refractivity contribution is 5.93. The highest BCUT2D eigenvalue weighted by Gasteiger charge is 2.36. The summed E-state index contributed by atoms with van der Waals surface area (Å²) in [5, 5.41) is 0. The molecule has 0 saturated carbocycles. The maximum Gasteiger partial charge on any atom is 0.416 e. The van der Waals surface area contributed by atoms with Gasteiger partial charge in [-0.3, -0.25) is 4.79 Å². The van der Waals surface area contributed by atoms with Crippen LogP contribution in [0.4, 0.5) is 13.2 Å². The summed E-state index contributed by atoms with van der Waals surface area (Å²) in [6.07, 6.45) is -2.21. The van der Waals surface area contributed by atoms with E-state index in [1.807, 2.05) is 6.07 Å². The Labute approximate surface area is 173 Å². The number of amides is 1. The number of rotatable bonds is 4. The lowest BCUT2D eigenvalue weighted by atomic mass is 9.86. The van der Waals surface area contributed by atoms with Gasteiger partial charge in [0.1, 0.15) is 0 Å². The van der Waals surface area contributed by atoms with E-state index >= 15 is 0 Å². The Balaban J connectivity index is 2.22. The van der Waals surface area contributed by atoms with Crippen LogP contribution in [0.1, 0.15) is 42.1 Å². The van der Waals surface area contributed by atoms with E-state index in [1.54, 1.807) is 37.0 Å². The fourth-order valence-electron chi connectivity index (χ4n) is 3.76. The molecule has 0 radical (unpaired) electrons. The monoisotopic (exact) mass is 419 g/mol. The van der Waals surface area contributed by atoms with E-state index in [1.165, 1.54) is 20.3 Å². The number of methoxy groups -OCH3 is 2. The molecule has 4 nitrogen and oxygen atoms in total. The Bertz CT molecular complexity index is 982. The molecule has 1 aliphatic rings. The Morgan fingerprint density at radius 2 is 1.80 bits per heavy atom. The van der Waals surface area contributed by atoms with Crippen LogP contribution in [-0.2, 0) is 17.4 Å². The topological polar surface area (TPSA) is 38.8 Å². The van der Waals surface area contributed by atoms with Gasteiger partial charge < -0.3 is 14.4 Å². The number of halogens is 3. The van der Waals surface area contributed by atoms with Crippen LogP contribution in [0, 0.1) is 0 Å². The number of ether oxygens (including phenoxy) is 2. The zero-order chi connectivity index (χ0) is 22.1. The van der Waals surface area contributed by atoms with Gasteiger partial charge in [0, 0.05) is 12.1 Å². The number of benzene rings is 2. The van der Waals surface area contributed by atoms with Crippen molar-refractivity contribution in [3.05, 3.63) is 70.3 Å². The van der Waals surface area contributed by atoms with Gasteiger partial charge in [0.15, 0.2) is 11.5 Å². The van der Waals surface area contributed by atoms with E-state index in [0.717, 1.165) is 23.3 Å². The van der Waals surface area contributed by atoms with Crippen LogP contribution in [0.2, 0.25) is 0 Å². The van der Waals surface area contributed by atoms with Crippen molar-refractivity contribution in [2.24, 2.45) is 0 Å². The third-order valence-electron chi connectivity index (χ3n) is 5.43. The summed E-state index contributed by atoms with van der Waals surface area (Å²) < 4.78 is 50.9. The molecule has 0 spiro atoms. The molecule has 0 fully saturated rings. The number of fused-ring (bicyclic) bond motifs is 1. The smallest absolute Gasteiger partial charge is 0.416 e. The molecule has 2 aromatic rings. The van der Waals surface area contributed by atoms with Crippen molar-refractivity contribution in [3.63, 3.8) is 0 Å². The summed E-state index contributed by atoms with van der Waals surface area (Å²) in [6.45, 7) is 3.85. The normalized spacial score (nSPS) is 16.8. The molecule has 0 N–H and O–H groups in total. The van der Waals surface area contributed by atoms with Crippen LogP contribution < -0.4 is 9.47 Å². The predicted molar refractivity (Wildman–Crippen MR) is 108 cm³/mol. The van der Waals surface area contributed by atoms with Crippen molar-refractivity contribution in [2.75, 3.05) is 20.8 Å². The minimum absolute atomic E-state index is 0.208. The first-order valence-corrected chi connectivity index (χ1v) is 9.57. The summed E-state index contributed by atoms with van der Waals surface area (Å²) >= 11 is 0. The number of nitrogens with zero attached hydrogens (tertiary/aromatic N) is 1. The Hall–Kier alpha value is -2.96. The average molecular weight is 419 g/mol. The van der Waals surface area contributed by atoms with Crippen molar-refractivity contribution < 1.29 is 27.4 Å². The third kappa shape index (κ3) is 4.01. The van der Waals surface area contributed by atoms with Crippen LogP contribution in [-0.4, -0.2) is 31.6 Å². The number of carbonyl (C=O) groups excluding carboxylic acids is 1. The number of hydrogen-bond acceptors (Lipinski definition) is 3. The number of hydrogen-bond donors (Lipinski definition) is 0. The van der Waals surface area contributed by atoms with E-state index in [9.17, 15) is 18.0 Å². The molecular formula is C23H24F3NO3. The van der Waals surface area contributed by atoms with Gasteiger partial charge in [-0.1, -0.05) is 18.2 Å². The number of carbonyl (C=O) groups is 1. The molecule has 160 valence electrons. The lowest BCUT2D eigenvalue weighted by Crippen LogP contribution is -2.41. The van der Waals surface area contributed by atoms with Crippen LogP contribution in [0.5, 0.6) is 11.5 Å². The van der Waals surface area contributed by atoms with Gasteiger partial charge in [0.25, 0.3) is 0 Å². The largest absolute Gasteiger partial charge is 0.493 e. The second-order valence-corrected chi connectivity index (χ2v) is 7.15. The fraction of sp³-hybridized carbons (Fsp3) is 0.348. The lowest BCUT2D eigenvalue weighted by molar-refractivity contribution is -0.137. The molecule has 0 bridgehead atoms. The van der Waals surface area contributed by atoms with Crippen molar-refractivity contribution >= 4 is 5.91 Å². The highest BCUT2D eigenvalue weighted by atomic mass is 19.4. The van der Waals surface area contributed by atoms with Crippen molar-refractivity contribution in [2.45, 2.75) is 32.5 Å². The van der Waals surface area contributed by atoms with E-state index in [4.69, 9.17) is 9.47 Å². The second kappa shape index (κ2) is 8.42. The zero-order valence-electron chi connectivity index (χ0n) is 17.3. The summed E-state index contributed by atoms with van der Waals surface area (Å²) in [6, 6.07) is 8.06. The summed E-state index contributed by atoms with van der Waals surface area (Å²) in [7, 11) is 3.03. The van der Waals surface area contributed by atoms with Gasteiger partial charge >= 0.3 is 6.18 Å². The fourth-order valence-corrected chi connectivity index (χ4v) is 3.76. The van der Waals surface area contributed by atoms with Gasteiger partial charge in [-0.2, -0.15) is 13.2 Å². The number of allylic oxidation sites excluding steroid dienone is 1. The standard InChI is InChI=1S/C23H24F3NO3/c1-5-14(2)22(28)27-10-9-15-12-19(29-3)20(30-4)13-18(15)21(27)16-7-6-8-17(11-16)23(24,25)26/h5-8,11-13,21H,9-10H2,1-4H3/b14-5+/t21-/m1/s1. The maximum absolute atomic E-state index is 13.4. The van der Waals surface area contributed by atoms with Gasteiger partial charge in [-0.05, 0) is 61.2 Å². The molecule has 3 rings (SSSR count). The molecule has 0 saturated heterocycles. The summed E-state index contributed by atoms with van der Waals surface area (Å²) in [4.78, 5) is 14.7. The molecule has 1 atom stereocenters. The molecule has 1 aliphatic heterocycles. The van der Waals surface area contributed by atoms with E-state index in [0.29, 0.717) is 35.6 Å². The molecule has 1 amide bonds. The molecule has 7 heteroatoms. The lowest BCUT2D eigenvalue weighted by Gasteiger charge is -2.38. The molecule has 30 heavy (non-hydrogen) atoms. The van der Waals surface area contributed by atoms with Gasteiger partial charge in [0.05, 0.1) is 25.8 Å². The first-order valence-electron chi connectivity index (χ1n) is 9.57. The van der Waals surface area contributed by atoms with Crippen LogP contribution in [0.3, 0.4) is 0 Å². The predicted octanol–water partition coefficient (Wildman–Crippen LogP) is 5.16. The molecule has 0 aliphatic carbocycles.